The van der Waals surface area contributed by atoms with Gasteiger partial charge in [-0.05, 0) is 38.7 Å². The number of nitrogens with zero attached hydrogens (tertiary/aromatic N) is 4. The van der Waals surface area contributed by atoms with E-state index in [4.69, 9.17) is 9.47 Å². The molecule has 0 aliphatic carbocycles. The van der Waals surface area contributed by atoms with Crippen molar-refractivity contribution in [2.24, 2.45) is 12.0 Å². The lowest BCUT2D eigenvalue weighted by Gasteiger charge is -2.20. The number of aromatic nitrogens is 3. The molecule has 1 aromatic heterocycles. The van der Waals surface area contributed by atoms with Crippen LogP contribution >= 0.6 is 11.8 Å². The average Bonchev–Trinajstić information content (AvgIpc) is 3.26. The molecular formula is C17H32N6O2S. The molecule has 0 aromatic carbocycles. The van der Waals surface area contributed by atoms with Crippen molar-refractivity contribution in [3.8, 4) is 0 Å². The second kappa shape index (κ2) is 11.4. The summed E-state index contributed by atoms with van der Waals surface area (Å²) in [7, 11) is 1.96. The Labute approximate surface area is 160 Å². The lowest BCUT2D eigenvalue weighted by molar-refractivity contribution is 0.0347. The Morgan fingerprint density at radius 3 is 3.00 bits per heavy atom. The van der Waals surface area contributed by atoms with Crippen LogP contribution in [0.1, 0.15) is 31.4 Å². The first kappa shape index (κ1) is 21.0. The fourth-order valence-electron chi connectivity index (χ4n) is 2.51. The van der Waals surface area contributed by atoms with Gasteiger partial charge in [0.1, 0.15) is 12.4 Å². The number of hydrogen-bond donors (Lipinski definition) is 2. The van der Waals surface area contributed by atoms with E-state index in [1.165, 1.54) is 0 Å². The third kappa shape index (κ3) is 7.13. The number of ether oxygens (including phenoxy) is 2. The van der Waals surface area contributed by atoms with Crippen molar-refractivity contribution in [3.63, 3.8) is 0 Å². The molecule has 0 radical (unpaired) electrons. The molecule has 2 rings (SSSR count). The summed E-state index contributed by atoms with van der Waals surface area (Å²) in [6.07, 6.45) is 4.41. The highest BCUT2D eigenvalue weighted by Crippen LogP contribution is 2.08. The molecule has 2 atom stereocenters. The standard InChI is InChI=1S/C17H32N6O2S/c1-13(11-25-15-6-8-24-12-15)20-17(18-7-5-9-26-4)19-10-16-22-21-14(2)23(16)3/h13,15H,5-12H2,1-4H3,(H2,18,19,20). The van der Waals surface area contributed by atoms with Crippen molar-refractivity contribution in [2.45, 2.75) is 45.4 Å². The largest absolute Gasteiger partial charge is 0.379 e. The van der Waals surface area contributed by atoms with E-state index in [2.05, 4.69) is 39.0 Å². The number of hydrogen-bond acceptors (Lipinski definition) is 6. The van der Waals surface area contributed by atoms with Crippen LogP contribution in [-0.4, -0.2) is 71.2 Å². The van der Waals surface area contributed by atoms with Crippen LogP contribution in [0.2, 0.25) is 0 Å². The van der Waals surface area contributed by atoms with Crippen LogP contribution < -0.4 is 10.6 Å². The Morgan fingerprint density at radius 2 is 2.35 bits per heavy atom. The van der Waals surface area contributed by atoms with Crippen LogP contribution in [0.25, 0.3) is 0 Å². The summed E-state index contributed by atoms with van der Waals surface area (Å²) in [5, 5.41) is 15.1. The maximum absolute atomic E-state index is 5.89. The molecule has 0 saturated carbocycles. The summed E-state index contributed by atoms with van der Waals surface area (Å²) in [5.74, 6) is 3.65. The van der Waals surface area contributed by atoms with Crippen molar-refractivity contribution < 1.29 is 9.47 Å². The molecule has 8 nitrogen and oxygen atoms in total. The zero-order valence-corrected chi connectivity index (χ0v) is 17.1. The molecule has 2 N–H and O–H groups in total. The predicted molar refractivity (Wildman–Crippen MR) is 106 cm³/mol. The topological polar surface area (TPSA) is 85.6 Å². The lowest BCUT2D eigenvalue weighted by Crippen LogP contribution is -2.45. The van der Waals surface area contributed by atoms with Crippen molar-refractivity contribution in [2.75, 3.05) is 38.4 Å². The summed E-state index contributed by atoms with van der Waals surface area (Å²) in [6, 6.07) is 0.156. The Kier molecular flexibility index (Phi) is 9.21. The van der Waals surface area contributed by atoms with Gasteiger partial charge < -0.3 is 24.7 Å². The van der Waals surface area contributed by atoms with Crippen LogP contribution in [0, 0.1) is 6.92 Å². The summed E-state index contributed by atoms with van der Waals surface area (Å²) < 4.78 is 13.2. The van der Waals surface area contributed by atoms with Gasteiger partial charge >= 0.3 is 0 Å². The van der Waals surface area contributed by atoms with E-state index >= 15 is 0 Å². The first-order chi connectivity index (χ1) is 12.6. The van der Waals surface area contributed by atoms with Crippen LogP contribution in [0.3, 0.4) is 0 Å². The van der Waals surface area contributed by atoms with Crippen LogP contribution in [0.5, 0.6) is 0 Å². The number of aryl methyl sites for hydroxylation is 1. The molecule has 0 bridgehead atoms. The molecule has 0 spiro atoms. The number of guanidine groups is 1. The molecule has 1 saturated heterocycles. The Bertz CT molecular complexity index is 559. The molecule has 2 unspecified atom stereocenters. The van der Waals surface area contributed by atoms with Crippen molar-refractivity contribution in [3.05, 3.63) is 11.6 Å². The SMILES string of the molecule is CSCCCNC(=NCc1nnc(C)n1C)NC(C)COC1CCOC1. The zero-order chi connectivity index (χ0) is 18.8. The fraction of sp³-hybridized carbons (Fsp3) is 0.824. The van der Waals surface area contributed by atoms with E-state index in [-0.39, 0.29) is 12.1 Å². The molecular weight excluding hydrogens is 352 g/mol. The maximum atomic E-state index is 5.89. The van der Waals surface area contributed by atoms with Crippen molar-refractivity contribution >= 4 is 17.7 Å². The predicted octanol–water partition coefficient (Wildman–Crippen LogP) is 1.11. The second-order valence-electron chi connectivity index (χ2n) is 6.52. The van der Waals surface area contributed by atoms with Gasteiger partial charge in [-0.2, -0.15) is 11.8 Å². The number of aliphatic imine (C=N–C) groups is 1. The quantitative estimate of drug-likeness (QED) is 0.355. The third-order valence-corrected chi connectivity index (χ3v) is 4.93. The normalized spacial score (nSPS) is 18.9. The molecule has 148 valence electrons. The van der Waals surface area contributed by atoms with E-state index in [0.717, 1.165) is 49.4 Å². The van der Waals surface area contributed by atoms with E-state index in [9.17, 15) is 0 Å². The van der Waals surface area contributed by atoms with E-state index in [1.807, 2.05) is 30.3 Å². The Hall–Kier alpha value is -1.32. The minimum Gasteiger partial charge on any atom is -0.379 e. The highest BCUT2D eigenvalue weighted by atomic mass is 32.2. The van der Waals surface area contributed by atoms with Crippen molar-refractivity contribution in [1.82, 2.24) is 25.4 Å². The zero-order valence-electron chi connectivity index (χ0n) is 16.3. The summed E-state index contributed by atoms with van der Waals surface area (Å²) in [5.41, 5.74) is 0. The van der Waals surface area contributed by atoms with Gasteiger partial charge in [-0.1, -0.05) is 0 Å². The van der Waals surface area contributed by atoms with Gasteiger partial charge in [0.25, 0.3) is 0 Å². The first-order valence-electron chi connectivity index (χ1n) is 9.18. The monoisotopic (exact) mass is 384 g/mol. The average molecular weight is 385 g/mol. The van der Waals surface area contributed by atoms with Gasteiger partial charge in [0.2, 0.25) is 0 Å². The lowest BCUT2D eigenvalue weighted by atomic mass is 10.3. The molecule has 1 aromatic rings. The highest BCUT2D eigenvalue weighted by Gasteiger charge is 2.17. The van der Waals surface area contributed by atoms with E-state index in [1.54, 1.807) is 0 Å². The summed E-state index contributed by atoms with van der Waals surface area (Å²) >= 11 is 1.85. The van der Waals surface area contributed by atoms with Gasteiger partial charge in [0.05, 0.1) is 19.3 Å². The van der Waals surface area contributed by atoms with Gasteiger partial charge in [-0.3, -0.25) is 0 Å². The number of thioether (sulfide) groups is 1. The van der Waals surface area contributed by atoms with Crippen molar-refractivity contribution in [1.29, 1.82) is 0 Å². The number of nitrogens with one attached hydrogen (secondary N) is 2. The Morgan fingerprint density at radius 1 is 1.50 bits per heavy atom. The minimum absolute atomic E-state index is 0.156. The molecule has 0 amide bonds. The molecule has 1 aliphatic rings. The van der Waals surface area contributed by atoms with Gasteiger partial charge in [-0.15, -0.1) is 10.2 Å². The minimum atomic E-state index is 0.156. The summed E-state index contributed by atoms with van der Waals surface area (Å²) in [4.78, 5) is 4.67. The highest BCUT2D eigenvalue weighted by molar-refractivity contribution is 7.98. The maximum Gasteiger partial charge on any atom is 0.191 e. The third-order valence-electron chi connectivity index (χ3n) is 4.23. The Balaban J connectivity index is 1.86. The first-order valence-corrected chi connectivity index (χ1v) is 10.6. The molecule has 1 fully saturated rings. The van der Waals surface area contributed by atoms with E-state index in [0.29, 0.717) is 19.8 Å². The van der Waals surface area contributed by atoms with Crippen LogP contribution in [0.15, 0.2) is 4.99 Å². The smallest absolute Gasteiger partial charge is 0.191 e. The van der Waals surface area contributed by atoms with E-state index < -0.39 is 0 Å². The molecule has 26 heavy (non-hydrogen) atoms. The molecule has 9 heteroatoms. The fourth-order valence-corrected chi connectivity index (χ4v) is 2.95. The van der Waals surface area contributed by atoms with Gasteiger partial charge in [0, 0.05) is 26.2 Å². The van der Waals surface area contributed by atoms with Crippen LogP contribution in [0.4, 0.5) is 0 Å². The second-order valence-corrected chi connectivity index (χ2v) is 7.51. The van der Waals surface area contributed by atoms with Gasteiger partial charge in [-0.25, -0.2) is 4.99 Å². The molecule has 1 aliphatic heterocycles. The summed E-state index contributed by atoms with van der Waals surface area (Å²) in [6.45, 7) is 7.53. The number of rotatable bonds is 10. The van der Waals surface area contributed by atoms with Crippen LogP contribution in [-0.2, 0) is 23.1 Å². The molecule has 2 heterocycles. The van der Waals surface area contributed by atoms with Gasteiger partial charge in [0.15, 0.2) is 11.8 Å².